The maximum absolute atomic E-state index is 13.2. The van der Waals surface area contributed by atoms with Crippen LogP contribution in [0.1, 0.15) is 44.1 Å². The summed E-state index contributed by atoms with van der Waals surface area (Å²) >= 11 is 0. The molecule has 1 saturated heterocycles. The number of piperidine rings is 1. The number of ether oxygens (including phenoxy) is 1. The second kappa shape index (κ2) is 9.11. The number of amides is 2. The molecule has 1 aliphatic rings. The summed E-state index contributed by atoms with van der Waals surface area (Å²) in [4.78, 5) is 28.4. The normalized spacial score (nSPS) is 14.9. The lowest BCUT2D eigenvalue weighted by Gasteiger charge is -2.36. The summed E-state index contributed by atoms with van der Waals surface area (Å²) in [6.45, 7) is 7.43. The van der Waals surface area contributed by atoms with Crippen molar-refractivity contribution in [2.24, 2.45) is 5.92 Å². The molecule has 1 aromatic carbocycles. The first-order valence-corrected chi connectivity index (χ1v) is 10.2. The number of nitrogens with zero attached hydrogens (tertiary/aromatic N) is 4. The van der Waals surface area contributed by atoms with Gasteiger partial charge in [-0.1, -0.05) is 32.0 Å². The van der Waals surface area contributed by atoms with Gasteiger partial charge in [0.1, 0.15) is 0 Å². The van der Waals surface area contributed by atoms with Crippen LogP contribution in [0, 0.1) is 5.92 Å². The number of likely N-dealkylation sites (tertiary alicyclic amines) is 1. The first-order chi connectivity index (χ1) is 13.9. The van der Waals surface area contributed by atoms with Crippen molar-refractivity contribution < 1.29 is 14.3 Å². The van der Waals surface area contributed by atoms with E-state index >= 15 is 0 Å². The van der Waals surface area contributed by atoms with Crippen LogP contribution < -0.4 is 4.74 Å². The third-order valence-corrected chi connectivity index (χ3v) is 5.27. The highest BCUT2D eigenvalue weighted by Gasteiger charge is 2.30. The van der Waals surface area contributed by atoms with Crippen LogP contribution in [-0.2, 0) is 4.79 Å². The molecular weight excluding hydrogens is 368 g/mol. The molecule has 0 unspecified atom stereocenters. The van der Waals surface area contributed by atoms with E-state index in [-0.39, 0.29) is 17.9 Å². The lowest BCUT2D eigenvalue weighted by molar-refractivity contribution is -0.130. The van der Waals surface area contributed by atoms with Crippen LogP contribution in [-0.4, -0.2) is 64.2 Å². The van der Waals surface area contributed by atoms with Gasteiger partial charge >= 0.3 is 0 Å². The Balaban J connectivity index is 1.78. The molecule has 0 spiro atoms. The lowest BCUT2D eigenvalue weighted by atomic mass is 10.0. The molecular formula is C22H30N4O3. The van der Waals surface area contributed by atoms with Gasteiger partial charge in [-0.25, -0.2) is 4.68 Å². The monoisotopic (exact) mass is 398 g/mol. The van der Waals surface area contributed by atoms with Crippen molar-refractivity contribution in [2.45, 2.75) is 39.7 Å². The summed E-state index contributed by atoms with van der Waals surface area (Å²) in [6.07, 6.45) is 3.31. The number of hydrogen-bond donors (Lipinski definition) is 0. The molecule has 1 aliphatic heterocycles. The minimum absolute atomic E-state index is 0.0563. The van der Waals surface area contributed by atoms with Crippen LogP contribution in [0.25, 0.3) is 5.69 Å². The maximum Gasteiger partial charge on any atom is 0.278 e. The number of hydrogen-bond acceptors (Lipinski definition) is 4. The van der Waals surface area contributed by atoms with Crippen LogP contribution in [0.5, 0.6) is 5.75 Å². The van der Waals surface area contributed by atoms with Gasteiger partial charge in [0.05, 0.1) is 18.5 Å². The van der Waals surface area contributed by atoms with Crippen molar-refractivity contribution in [3.8, 4) is 11.4 Å². The summed E-state index contributed by atoms with van der Waals surface area (Å²) < 4.78 is 7.61. The number of carbonyl (C=O) groups excluding carboxylic acids is 2. The highest BCUT2D eigenvalue weighted by atomic mass is 16.5. The molecule has 2 heterocycles. The van der Waals surface area contributed by atoms with Crippen LogP contribution >= 0.6 is 0 Å². The number of rotatable bonds is 6. The van der Waals surface area contributed by atoms with E-state index in [9.17, 15) is 9.59 Å². The van der Waals surface area contributed by atoms with E-state index in [0.29, 0.717) is 37.1 Å². The first kappa shape index (κ1) is 20.9. The SMILES string of the molecule is CC(=O)N(C)C1CCN(C(=O)c2nn(-c3ccccc3)cc2OCC(C)C)CC1. The van der Waals surface area contributed by atoms with Crippen molar-refractivity contribution in [3.63, 3.8) is 0 Å². The zero-order valence-corrected chi connectivity index (χ0v) is 17.7. The second-order valence-corrected chi connectivity index (χ2v) is 7.98. The molecule has 2 amide bonds. The van der Waals surface area contributed by atoms with Crippen molar-refractivity contribution in [3.05, 3.63) is 42.2 Å². The molecule has 0 atom stereocenters. The molecule has 0 aliphatic carbocycles. The van der Waals surface area contributed by atoms with E-state index in [1.807, 2.05) is 42.3 Å². The fraction of sp³-hybridized carbons (Fsp3) is 0.500. The topological polar surface area (TPSA) is 67.7 Å². The Labute approximate surface area is 172 Å². The Morgan fingerprint density at radius 1 is 1.21 bits per heavy atom. The van der Waals surface area contributed by atoms with Crippen LogP contribution in [0.15, 0.2) is 36.5 Å². The fourth-order valence-corrected chi connectivity index (χ4v) is 3.44. The highest BCUT2D eigenvalue weighted by Crippen LogP contribution is 2.24. The summed E-state index contributed by atoms with van der Waals surface area (Å²) in [6, 6.07) is 9.87. The molecule has 7 heteroatoms. The zero-order valence-electron chi connectivity index (χ0n) is 17.7. The summed E-state index contributed by atoms with van der Waals surface area (Å²) in [5.74, 6) is 0.787. The van der Waals surface area contributed by atoms with Gasteiger partial charge in [0.15, 0.2) is 11.4 Å². The molecule has 0 N–H and O–H groups in total. The van der Waals surface area contributed by atoms with Crippen LogP contribution in [0.3, 0.4) is 0 Å². The first-order valence-electron chi connectivity index (χ1n) is 10.2. The molecule has 2 aromatic rings. The molecule has 1 aromatic heterocycles. The molecule has 156 valence electrons. The minimum atomic E-state index is -0.123. The van der Waals surface area contributed by atoms with Crippen molar-refractivity contribution >= 4 is 11.8 Å². The Bertz CT molecular complexity index is 839. The van der Waals surface area contributed by atoms with Gasteiger partial charge in [-0.3, -0.25) is 9.59 Å². The summed E-state index contributed by atoms with van der Waals surface area (Å²) in [5, 5.41) is 4.55. The number of para-hydroxylation sites is 1. The Morgan fingerprint density at radius 2 is 1.86 bits per heavy atom. The van der Waals surface area contributed by atoms with Gasteiger partial charge in [-0.05, 0) is 30.9 Å². The second-order valence-electron chi connectivity index (χ2n) is 7.98. The smallest absolute Gasteiger partial charge is 0.278 e. The maximum atomic E-state index is 13.2. The van der Waals surface area contributed by atoms with Gasteiger partial charge in [0, 0.05) is 33.1 Å². The lowest BCUT2D eigenvalue weighted by Crippen LogP contribution is -2.46. The number of aromatic nitrogens is 2. The Hall–Kier alpha value is -2.83. The number of carbonyl (C=O) groups is 2. The predicted molar refractivity (Wildman–Crippen MR) is 111 cm³/mol. The third-order valence-electron chi connectivity index (χ3n) is 5.27. The quantitative estimate of drug-likeness (QED) is 0.750. The highest BCUT2D eigenvalue weighted by molar-refractivity contribution is 5.95. The third kappa shape index (κ3) is 4.96. The number of benzene rings is 1. The van der Waals surface area contributed by atoms with Gasteiger partial charge in [-0.2, -0.15) is 5.10 Å². The van der Waals surface area contributed by atoms with Gasteiger partial charge in [0.2, 0.25) is 5.91 Å². The van der Waals surface area contributed by atoms with Crippen molar-refractivity contribution in [1.29, 1.82) is 0 Å². The van der Waals surface area contributed by atoms with E-state index in [1.165, 1.54) is 0 Å². The average Bonchev–Trinajstić information content (AvgIpc) is 3.16. The van der Waals surface area contributed by atoms with Gasteiger partial charge < -0.3 is 14.5 Å². The fourth-order valence-electron chi connectivity index (χ4n) is 3.44. The van der Waals surface area contributed by atoms with Crippen molar-refractivity contribution in [1.82, 2.24) is 19.6 Å². The van der Waals surface area contributed by atoms with E-state index in [2.05, 4.69) is 18.9 Å². The van der Waals surface area contributed by atoms with Gasteiger partial charge in [-0.15, -0.1) is 0 Å². The molecule has 0 saturated carbocycles. The molecule has 1 fully saturated rings. The van der Waals surface area contributed by atoms with Crippen molar-refractivity contribution in [2.75, 3.05) is 26.7 Å². The van der Waals surface area contributed by atoms with Gasteiger partial charge in [0.25, 0.3) is 5.91 Å². The zero-order chi connectivity index (χ0) is 21.0. The van der Waals surface area contributed by atoms with E-state index < -0.39 is 0 Å². The molecule has 29 heavy (non-hydrogen) atoms. The average molecular weight is 399 g/mol. The molecule has 7 nitrogen and oxygen atoms in total. The minimum Gasteiger partial charge on any atom is -0.489 e. The predicted octanol–water partition coefficient (Wildman–Crippen LogP) is 2.99. The van der Waals surface area contributed by atoms with E-state index in [1.54, 1.807) is 22.7 Å². The molecule has 0 bridgehead atoms. The van der Waals surface area contributed by atoms with Crippen LogP contribution in [0.2, 0.25) is 0 Å². The standard InChI is InChI=1S/C22H30N4O3/c1-16(2)15-29-20-14-26(19-8-6-5-7-9-19)23-21(20)22(28)25-12-10-18(11-13-25)24(4)17(3)27/h5-9,14,16,18H,10-13,15H2,1-4H3. The Morgan fingerprint density at radius 3 is 2.45 bits per heavy atom. The van der Waals surface area contributed by atoms with Crippen LogP contribution in [0.4, 0.5) is 0 Å². The van der Waals surface area contributed by atoms with E-state index in [0.717, 1.165) is 18.5 Å². The van der Waals surface area contributed by atoms with E-state index in [4.69, 9.17) is 4.74 Å². The Kier molecular flexibility index (Phi) is 6.56. The largest absolute Gasteiger partial charge is 0.489 e. The summed E-state index contributed by atoms with van der Waals surface area (Å²) in [7, 11) is 1.82. The molecule has 3 rings (SSSR count). The summed E-state index contributed by atoms with van der Waals surface area (Å²) in [5.41, 5.74) is 1.22. The molecule has 0 radical (unpaired) electrons.